The average molecular weight is 308 g/mol. The summed E-state index contributed by atoms with van der Waals surface area (Å²) in [7, 11) is 1.30. The number of H-pyrrole nitrogens is 1. The van der Waals surface area contributed by atoms with E-state index in [1.54, 1.807) is 0 Å². The first-order chi connectivity index (χ1) is 9.31. The van der Waals surface area contributed by atoms with E-state index < -0.39 is 23.9 Å². The van der Waals surface area contributed by atoms with Gasteiger partial charge in [0.2, 0.25) is 5.88 Å². The minimum absolute atomic E-state index is 0.169. The number of nitrogens with one attached hydrogen (secondary N) is 1. The molecule has 2 heterocycles. The summed E-state index contributed by atoms with van der Waals surface area (Å²) in [5.74, 6) is -1.19. The highest BCUT2D eigenvalue weighted by Gasteiger charge is 2.23. The van der Waals surface area contributed by atoms with Crippen LogP contribution in [0.1, 0.15) is 5.56 Å². The minimum Gasteiger partial charge on any atom is -0.416 e. The van der Waals surface area contributed by atoms with Crippen molar-refractivity contribution in [1.82, 2.24) is 14.8 Å². The zero-order valence-electron chi connectivity index (χ0n) is 10.4. The normalized spacial score (nSPS) is 11.2. The first-order valence-electron chi connectivity index (χ1n) is 5.38. The van der Waals surface area contributed by atoms with Gasteiger partial charge in [0.15, 0.2) is 0 Å². The third kappa shape index (κ3) is 2.51. The lowest BCUT2D eigenvalue weighted by Gasteiger charge is -2.04. The molecule has 0 aliphatic rings. The van der Waals surface area contributed by atoms with Crippen LogP contribution in [-0.2, 0) is 7.05 Å². The topological polar surface area (TPSA) is 59.9 Å². The van der Waals surface area contributed by atoms with Gasteiger partial charge in [0.25, 0.3) is 5.56 Å². The van der Waals surface area contributed by atoms with E-state index in [1.165, 1.54) is 14.0 Å². The molecular weight excluding hydrogens is 299 g/mol. The Bertz CT molecular complexity index is 712. The summed E-state index contributed by atoms with van der Waals surface area (Å²) in [6, 6.07) is 1.01. The summed E-state index contributed by atoms with van der Waals surface area (Å²) in [5, 5.41) is 3.47. The predicted molar refractivity (Wildman–Crippen MR) is 65.6 cm³/mol. The number of aromatic amines is 1. The molecule has 2 rings (SSSR count). The molecule has 0 saturated carbocycles. The number of aryl methyl sites for hydroxylation is 2. The molecule has 0 atom stereocenters. The van der Waals surface area contributed by atoms with Gasteiger partial charge in [-0.05, 0) is 13.0 Å². The first kappa shape index (κ1) is 14.4. The molecule has 5 nitrogen and oxygen atoms in total. The fraction of sp³-hybridized carbons (Fsp3) is 0.273. The van der Waals surface area contributed by atoms with Gasteiger partial charge >= 0.3 is 6.61 Å². The molecular formula is C11H9ClF3N3O2. The van der Waals surface area contributed by atoms with Crippen molar-refractivity contribution in [3.05, 3.63) is 32.8 Å². The number of hydrogen-bond acceptors (Lipinski definition) is 3. The number of pyridine rings is 1. The molecule has 0 aliphatic heterocycles. The fourth-order valence-electron chi connectivity index (χ4n) is 1.63. The van der Waals surface area contributed by atoms with E-state index in [0.717, 1.165) is 10.7 Å². The summed E-state index contributed by atoms with van der Waals surface area (Å²) in [6.07, 6.45) is 0. The van der Waals surface area contributed by atoms with Gasteiger partial charge < -0.3 is 9.72 Å². The maximum atomic E-state index is 13.8. The van der Waals surface area contributed by atoms with E-state index in [0.29, 0.717) is 0 Å². The van der Waals surface area contributed by atoms with Gasteiger partial charge in [-0.3, -0.25) is 4.79 Å². The van der Waals surface area contributed by atoms with Crippen molar-refractivity contribution < 1.29 is 17.9 Å². The summed E-state index contributed by atoms with van der Waals surface area (Å²) in [4.78, 5) is 13.8. The Morgan fingerprint density at radius 2 is 2.15 bits per heavy atom. The first-order valence-corrected chi connectivity index (χ1v) is 5.76. The molecule has 1 N–H and O–H groups in total. The van der Waals surface area contributed by atoms with Gasteiger partial charge in [-0.25, -0.2) is 9.07 Å². The van der Waals surface area contributed by atoms with Crippen LogP contribution in [-0.4, -0.2) is 21.4 Å². The van der Waals surface area contributed by atoms with Crippen LogP contribution in [0.4, 0.5) is 13.2 Å². The standard InChI is InChI=1S/C11H9ClF3N3O2/c1-4-3-5(13)7(16-9(4)19)8-6(12)10(18(2)17-8)20-11(14)15/h3,11H,1-2H3,(H,16,19). The Kier molecular flexibility index (Phi) is 3.76. The molecule has 0 fully saturated rings. The van der Waals surface area contributed by atoms with Gasteiger partial charge in [0.1, 0.15) is 22.2 Å². The highest BCUT2D eigenvalue weighted by atomic mass is 35.5. The van der Waals surface area contributed by atoms with Gasteiger partial charge in [-0.1, -0.05) is 11.6 Å². The van der Waals surface area contributed by atoms with E-state index in [2.05, 4.69) is 14.8 Å². The van der Waals surface area contributed by atoms with Crippen LogP contribution in [0.3, 0.4) is 0 Å². The van der Waals surface area contributed by atoms with E-state index in [4.69, 9.17) is 11.6 Å². The maximum Gasteiger partial charge on any atom is 0.388 e. The quantitative estimate of drug-likeness (QED) is 0.947. The van der Waals surface area contributed by atoms with E-state index in [-0.39, 0.29) is 22.0 Å². The SMILES string of the molecule is Cc1cc(F)c(-c2nn(C)c(OC(F)F)c2Cl)[nH]c1=O. The van der Waals surface area contributed by atoms with Crippen molar-refractivity contribution in [2.75, 3.05) is 0 Å². The number of alkyl halides is 2. The smallest absolute Gasteiger partial charge is 0.388 e. The van der Waals surface area contributed by atoms with Crippen LogP contribution in [0.2, 0.25) is 5.02 Å². The Labute approximate surface area is 115 Å². The van der Waals surface area contributed by atoms with Crippen LogP contribution in [0.25, 0.3) is 11.4 Å². The van der Waals surface area contributed by atoms with Crippen LogP contribution >= 0.6 is 11.6 Å². The van der Waals surface area contributed by atoms with Crippen molar-refractivity contribution in [1.29, 1.82) is 0 Å². The molecule has 9 heteroatoms. The second kappa shape index (κ2) is 5.20. The molecule has 0 unspecified atom stereocenters. The largest absolute Gasteiger partial charge is 0.416 e. The van der Waals surface area contributed by atoms with Crippen LogP contribution in [0, 0.1) is 12.7 Å². The lowest BCUT2D eigenvalue weighted by Crippen LogP contribution is -2.12. The van der Waals surface area contributed by atoms with Gasteiger partial charge in [-0.2, -0.15) is 13.9 Å². The van der Waals surface area contributed by atoms with Crippen molar-refractivity contribution in [3.8, 4) is 17.3 Å². The van der Waals surface area contributed by atoms with Gasteiger partial charge in [0, 0.05) is 12.6 Å². The lowest BCUT2D eigenvalue weighted by atomic mass is 10.2. The minimum atomic E-state index is -3.10. The molecule has 0 aromatic carbocycles. The Morgan fingerprint density at radius 1 is 1.50 bits per heavy atom. The number of aromatic nitrogens is 3. The Balaban J connectivity index is 2.60. The molecule has 0 saturated heterocycles. The molecule has 0 amide bonds. The van der Waals surface area contributed by atoms with Crippen molar-refractivity contribution in [2.24, 2.45) is 7.05 Å². The summed E-state index contributed by atoms with van der Waals surface area (Å²) >= 11 is 5.84. The van der Waals surface area contributed by atoms with Crippen LogP contribution < -0.4 is 10.3 Å². The third-order valence-corrected chi connectivity index (χ3v) is 2.90. The van der Waals surface area contributed by atoms with Crippen molar-refractivity contribution >= 4 is 11.6 Å². The number of hydrogen-bond donors (Lipinski definition) is 1. The fourth-order valence-corrected chi connectivity index (χ4v) is 1.93. The third-order valence-electron chi connectivity index (χ3n) is 2.56. The number of nitrogens with zero attached hydrogens (tertiary/aromatic N) is 2. The maximum absolute atomic E-state index is 13.8. The van der Waals surface area contributed by atoms with Gasteiger partial charge in [-0.15, -0.1) is 0 Å². The lowest BCUT2D eigenvalue weighted by molar-refractivity contribution is -0.0552. The van der Waals surface area contributed by atoms with Gasteiger partial charge in [0.05, 0.1) is 0 Å². The molecule has 0 aliphatic carbocycles. The summed E-state index contributed by atoms with van der Waals surface area (Å²) in [5.41, 5.74) is -0.827. The average Bonchev–Trinajstić information content (AvgIpc) is 2.61. The number of halogens is 4. The molecule has 2 aromatic rings. The molecule has 20 heavy (non-hydrogen) atoms. The second-order valence-corrected chi connectivity index (χ2v) is 4.35. The monoisotopic (exact) mass is 307 g/mol. The van der Waals surface area contributed by atoms with Crippen LogP contribution in [0.5, 0.6) is 5.88 Å². The molecule has 0 spiro atoms. The van der Waals surface area contributed by atoms with Crippen molar-refractivity contribution in [3.63, 3.8) is 0 Å². The zero-order chi connectivity index (χ0) is 15.0. The number of ether oxygens (including phenoxy) is 1. The Morgan fingerprint density at radius 3 is 2.75 bits per heavy atom. The highest BCUT2D eigenvalue weighted by Crippen LogP contribution is 2.35. The summed E-state index contributed by atoms with van der Waals surface area (Å²) in [6.45, 7) is -1.67. The van der Waals surface area contributed by atoms with E-state index in [1.807, 2.05) is 0 Å². The molecule has 108 valence electrons. The van der Waals surface area contributed by atoms with Crippen LogP contribution in [0.15, 0.2) is 10.9 Å². The summed E-state index contributed by atoms with van der Waals surface area (Å²) < 4.78 is 43.4. The van der Waals surface area contributed by atoms with E-state index in [9.17, 15) is 18.0 Å². The van der Waals surface area contributed by atoms with Crippen molar-refractivity contribution in [2.45, 2.75) is 13.5 Å². The number of rotatable bonds is 3. The molecule has 0 bridgehead atoms. The predicted octanol–water partition coefficient (Wildman–Crippen LogP) is 2.48. The second-order valence-electron chi connectivity index (χ2n) is 3.97. The highest BCUT2D eigenvalue weighted by molar-refractivity contribution is 6.34. The Hall–Kier alpha value is -1.96. The molecule has 0 radical (unpaired) electrons. The van der Waals surface area contributed by atoms with E-state index >= 15 is 0 Å². The zero-order valence-corrected chi connectivity index (χ0v) is 11.1. The molecule has 2 aromatic heterocycles.